The maximum Gasteiger partial charge on any atom is 0.408 e. The molecule has 0 aromatic rings. The fraction of sp³-hybridized carbons (Fsp3) is 0.700. The van der Waals surface area contributed by atoms with Crippen LogP contribution in [0.4, 0.5) is 4.79 Å². The van der Waals surface area contributed by atoms with Crippen LogP contribution in [-0.2, 0) is 23.9 Å². The zero-order valence-electron chi connectivity index (χ0n) is 24.6. The van der Waals surface area contributed by atoms with Crippen LogP contribution in [0.15, 0.2) is 25.3 Å². The van der Waals surface area contributed by atoms with Gasteiger partial charge < -0.3 is 25.6 Å². The SMILES string of the molecule is C=CCCC(NC(=O)[C@@H]1C2C(CN1C(=O)[C@@H](NC(=O)OC(C)(C)C)C1CCCC1)C2(C)C)C(=O)C(=O)NCC=C. The van der Waals surface area contributed by atoms with Gasteiger partial charge in [0.05, 0.1) is 6.04 Å². The Hall–Kier alpha value is -3.17. The number of hydrogen-bond acceptors (Lipinski definition) is 6. The van der Waals surface area contributed by atoms with Gasteiger partial charge in [-0.1, -0.05) is 38.8 Å². The van der Waals surface area contributed by atoms with Crippen LogP contribution in [0.25, 0.3) is 0 Å². The summed E-state index contributed by atoms with van der Waals surface area (Å²) in [4.78, 5) is 67.5. The van der Waals surface area contributed by atoms with Gasteiger partial charge in [-0.15, -0.1) is 13.2 Å². The number of hydrogen-bond donors (Lipinski definition) is 3. The summed E-state index contributed by atoms with van der Waals surface area (Å²) < 4.78 is 5.46. The van der Waals surface area contributed by atoms with E-state index in [-0.39, 0.29) is 42.0 Å². The van der Waals surface area contributed by atoms with Crippen LogP contribution in [0, 0.1) is 23.2 Å². The van der Waals surface area contributed by atoms with E-state index in [0.717, 1.165) is 25.7 Å². The van der Waals surface area contributed by atoms with Crippen molar-refractivity contribution in [2.45, 2.75) is 96.9 Å². The van der Waals surface area contributed by atoms with E-state index >= 15 is 0 Å². The molecule has 0 aromatic heterocycles. The van der Waals surface area contributed by atoms with Crippen molar-refractivity contribution in [3.05, 3.63) is 25.3 Å². The minimum atomic E-state index is -1.06. The number of rotatable bonds is 12. The summed E-state index contributed by atoms with van der Waals surface area (Å²) in [7, 11) is 0. The first-order chi connectivity index (χ1) is 18.7. The number of allylic oxidation sites excluding steroid dienone is 1. The highest BCUT2D eigenvalue weighted by molar-refractivity contribution is 6.38. The topological polar surface area (TPSA) is 134 Å². The molecule has 0 aromatic carbocycles. The highest BCUT2D eigenvalue weighted by Gasteiger charge is 2.69. The fourth-order valence-electron chi connectivity index (χ4n) is 6.32. The van der Waals surface area contributed by atoms with Crippen LogP contribution in [0.5, 0.6) is 0 Å². The van der Waals surface area contributed by atoms with E-state index < -0.39 is 47.4 Å². The summed E-state index contributed by atoms with van der Waals surface area (Å²) >= 11 is 0. The number of amides is 4. The van der Waals surface area contributed by atoms with Gasteiger partial charge in [0.25, 0.3) is 5.91 Å². The lowest BCUT2D eigenvalue weighted by Gasteiger charge is -2.35. The smallest absolute Gasteiger partial charge is 0.408 e. The molecule has 40 heavy (non-hydrogen) atoms. The minimum absolute atomic E-state index is 0.0517. The van der Waals surface area contributed by atoms with Crippen LogP contribution >= 0.6 is 0 Å². The number of Topliss-reactive ketones (excluding diaryl/α,β-unsaturated/α-hetero) is 1. The number of alkyl carbamates (subject to hydrolysis) is 1. The Morgan fingerprint density at radius 3 is 2.27 bits per heavy atom. The number of ether oxygens (including phenoxy) is 1. The second-order valence-corrected chi connectivity index (χ2v) is 12.8. The zero-order chi connectivity index (χ0) is 29.8. The first-order valence-electron chi connectivity index (χ1n) is 14.4. The van der Waals surface area contributed by atoms with Crippen molar-refractivity contribution in [3.63, 3.8) is 0 Å². The van der Waals surface area contributed by atoms with Gasteiger partial charge in [-0.2, -0.15) is 0 Å². The molecule has 10 nitrogen and oxygen atoms in total. The van der Waals surface area contributed by atoms with E-state index in [2.05, 4.69) is 43.0 Å². The quantitative estimate of drug-likeness (QED) is 0.249. The third-order valence-electron chi connectivity index (χ3n) is 8.49. The van der Waals surface area contributed by atoms with Crippen LogP contribution in [0.1, 0.15) is 73.1 Å². The summed E-state index contributed by atoms with van der Waals surface area (Å²) in [6.45, 7) is 17.2. The van der Waals surface area contributed by atoms with E-state index in [9.17, 15) is 24.0 Å². The molecule has 3 rings (SSSR count). The number of nitrogens with one attached hydrogen (secondary N) is 3. The maximum absolute atomic E-state index is 14.1. The molecule has 0 radical (unpaired) electrons. The van der Waals surface area contributed by atoms with Gasteiger partial charge in [0.15, 0.2) is 0 Å². The molecular weight excluding hydrogens is 512 g/mol. The molecule has 1 saturated heterocycles. The summed E-state index contributed by atoms with van der Waals surface area (Å²) in [5.74, 6) is -2.35. The standard InChI is InChI=1S/C30H46N4O6/c1-8-10-15-20(24(35)26(37)31-16-9-2)32-25(36)23-21-19(30(21,6)7)17-34(23)27(38)22(18-13-11-12-14-18)33-28(39)40-29(3,4)5/h8-9,18-23H,1-2,10-17H2,3-7H3,(H,31,37)(H,32,36)(H,33,39)/t19?,20?,21?,22-,23-/m0/s1. The summed E-state index contributed by atoms with van der Waals surface area (Å²) in [5, 5.41) is 8.06. The van der Waals surface area contributed by atoms with Crippen molar-refractivity contribution in [2.75, 3.05) is 13.1 Å². The number of fused-ring (bicyclic) bond motifs is 1. The molecule has 0 bridgehead atoms. The predicted molar refractivity (Wildman–Crippen MR) is 151 cm³/mol. The maximum atomic E-state index is 14.1. The van der Waals surface area contributed by atoms with Crippen molar-refractivity contribution in [1.82, 2.24) is 20.9 Å². The zero-order valence-corrected chi connectivity index (χ0v) is 24.6. The number of nitrogens with zero attached hydrogens (tertiary/aromatic N) is 1. The third-order valence-corrected chi connectivity index (χ3v) is 8.49. The second kappa shape index (κ2) is 12.6. The highest BCUT2D eigenvalue weighted by Crippen LogP contribution is 2.65. The van der Waals surface area contributed by atoms with Crippen molar-refractivity contribution in [1.29, 1.82) is 0 Å². The average Bonchev–Trinajstić information content (AvgIpc) is 3.33. The Labute approximate surface area is 237 Å². The summed E-state index contributed by atoms with van der Waals surface area (Å²) in [5.41, 5.74) is -0.873. The molecule has 3 fully saturated rings. The molecule has 3 N–H and O–H groups in total. The third kappa shape index (κ3) is 7.12. The molecule has 2 aliphatic carbocycles. The van der Waals surface area contributed by atoms with Crippen LogP contribution in [-0.4, -0.2) is 71.3 Å². The van der Waals surface area contributed by atoms with Gasteiger partial charge in [-0.25, -0.2) is 4.79 Å². The number of likely N-dealkylation sites (tertiary alicyclic amines) is 1. The molecule has 222 valence electrons. The van der Waals surface area contributed by atoms with Crippen molar-refractivity contribution >= 4 is 29.6 Å². The Bertz CT molecular complexity index is 1030. The van der Waals surface area contributed by atoms with Crippen molar-refractivity contribution < 1.29 is 28.7 Å². The van der Waals surface area contributed by atoms with E-state index in [1.54, 1.807) is 31.7 Å². The normalized spacial score (nSPS) is 24.7. The molecule has 0 spiro atoms. The molecule has 10 heteroatoms. The van der Waals surface area contributed by atoms with E-state index in [0.29, 0.717) is 13.0 Å². The Morgan fingerprint density at radius 1 is 1.05 bits per heavy atom. The van der Waals surface area contributed by atoms with E-state index in [1.807, 2.05) is 0 Å². The molecule has 3 aliphatic rings. The summed E-state index contributed by atoms with van der Waals surface area (Å²) in [6.07, 6.45) is 6.57. The molecule has 1 heterocycles. The molecule has 3 unspecified atom stereocenters. The fourth-order valence-corrected chi connectivity index (χ4v) is 6.32. The lowest BCUT2D eigenvalue weighted by Crippen LogP contribution is -2.59. The van der Waals surface area contributed by atoms with Gasteiger partial charge in [0, 0.05) is 13.1 Å². The Balaban J connectivity index is 1.83. The van der Waals surface area contributed by atoms with Gasteiger partial charge in [-0.3, -0.25) is 19.2 Å². The largest absolute Gasteiger partial charge is 0.444 e. The molecular formula is C30H46N4O6. The minimum Gasteiger partial charge on any atom is -0.444 e. The number of carbonyl (C=O) groups excluding carboxylic acids is 5. The molecule has 1 aliphatic heterocycles. The first-order valence-corrected chi connectivity index (χ1v) is 14.4. The van der Waals surface area contributed by atoms with Gasteiger partial charge >= 0.3 is 6.09 Å². The van der Waals surface area contributed by atoms with Gasteiger partial charge in [-0.05, 0) is 69.6 Å². The average molecular weight is 559 g/mol. The van der Waals surface area contributed by atoms with Gasteiger partial charge in [0.1, 0.15) is 17.7 Å². The lowest BCUT2D eigenvalue weighted by atomic mass is 9.94. The second-order valence-electron chi connectivity index (χ2n) is 12.8. The monoisotopic (exact) mass is 558 g/mol. The molecule has 4 amide bonds. The Morgan fingerprint density at radius 2 is 1.70 bits per heavy atom. The van der Waals surface area contributed by atoms with E-state index in [4.69, 9.17) is 4.74 Å². The van der Waals surface area contributed by atoms with Crippen LogP contribution < -0.4 is 16.0 Å². The summed E-state index contributed by atoms with van der Waals surface area (Å²) in [6, 6.07) is -2.68. The Kier molecular flexibility index (Phi) is 9.85. The van der Waals surface area contributed by atoms with Crippen LogP contribution in [0.2, 0.25) is 0 Å². The van der Waals surface area contributed by atoms with E-state index in [1.165, 1.54) is 6.08 Å². The number of ketones is 1. The first kappa shape index (κ1) is 31.4. The molecule has 5 atom stereocenters. The van der Waals surface area contributed by atoms with Crippen molar-refractivity contribution in [2.24, 2.45) is 23.2 Å². The van der Waals surface area contributed by atoms with Gasteiger partial charge in [0.2, 0.25) is 17.6 Å². The predicted octanol–water partition coefficient (Wildman–Crippen LogP) is 2.88. The highest BCUT2D eigenvalue weighted by atomic mass is 16.6. The van der Waals surface area contributed by atoms with Crippen molar-refractivity contribution in [3.8, 4) is 0 Å². The lowest BCUT2D eigenvalue weighted by molar-refractivity contribution is -0.144. The number of carbonyl (C=O) groups is 5. The molecule has 2 saturated carbocycles. The number of piperidine rings is 1. The van der Waals surface area contributed by atoms with Crippen LogP contribution in [0.3, 0.4) is 0 Å².